The van der Waals surface area contributed by atoms with Gasteiger partial charge in [0.1, 0.15) is 5.60 Å². The lowest BCUT2D eigenvalue weighted by Gasteiger charge is -2.24. The van der Waals surface area contributed by atoms with Crippen LogP contribution in [0.2, 0.25) is 0 Å². The number of hydrogen-bond donors (Lipinski definition) is 2. The second-order valence-corrected chi connectivity index (χ2v) is 9.39. The van der Waals surface area contributed by atoms with E-state index in [4.69, 9.17) is 4.74 Å². The van der Waals surface area contributed by atoms with E-state index in [9.17, 15) is 22.4 Å². The number of nitrogens with one attached hydrogen (secondary N) is 2. The minimum absolute atomic E-state index is 0.0398. The van der Waals surface area contributed by atoms with Crippen LogP contribution in [0, 0.1) is 5.92 Å². The van der Waals surface area contributed by atoms with Crippen LogP contribution in [0.25, 0.3) is 0 Å². The molecule has 0 spiro atoms. The number of sulfone groups is 1. The summed E-state index contributed by atoms with van der Waals surface area (Å²) in [4.78, 5) is 23.8. The third kappa shape index (κ3) is 7.41. The molecule has 0 radical (unpaired) electrons. The maximum atomic E-state index is 14.0. The second-order valence-electron chi connectivity index (χ2n) is 7.32. The van der Waals surface area contributed by atoms with Crippen molar-refractivity contribution < 1.29 is 27.1 Å². The van der Waals surface area contributed by atoms with Crippen molar-refractivity contribution in [1.29, 1.82) is 0 Å². The van der Waals surface area contributed by atoms with Crippen LogP contribution in [0.4, 0.5) is 9.18 Å². The van der Waals surface area contributed by atoms with Gasteiger partial charge in [-0.1, -0.05) is 6.08 Å². The van der Waals surface area contributed by atoms with Crippen molar-refractivity contribution in [2.75, 3.05) is 12.8 Å². The van der Waals surface area contributed by atoms with Gasteiger partial charge in [0, 0.05) is 18.7 Å². The highest BCUT2D eigenvalue weighted by molar-refractivity contribution is 7.91. The minimum atomic E-state index is -3.90. The van der Waals surface area contributed by atoms with Crippen LogP contribution in [0.3, 0.4) is 0 Å². The Balaban J connectivity index is 2.94. The Labute approximate surface area is 148 Å². The standard InChI is InChI=1S/C16H27FN2O5S/c1-10(13(17)25(5,22)23)8-12(9-11-6-7-18-14(11)20)19-15(21)24-16(2,3)4/h8,11-13H,6-7,9H2,1-5H3,(H,18,20)(H,19,21)/b10-8+. The van der Waals surface area contributed by atoms with Crippen LogP contribution < -0.4 is 10.6 Å². The first kappa shape index (κ1) is 21.4. The first-order valence-corrected chi connectivity index (χ1v) is 10.0. The van der Waals surface area contributed by atoms with E-state index in [2.05, 4.69) is 10.6 Å². The van der Waals surface area contributed by atoms with Gasteiger partial charge >= 0.3 is 6.09 Å². The van der Waals surface area contributed by atoms with Crippen molar-refractivity contribution in [2.24, 2.45) is 5.92 Å². The Morgan fingerprint density at radius 3 is 2.52 bits per heavy atom. The third-order valence-electron chi connectivity index (χ3n) is 3.60. The predicted molar refractivity (Wildman–Crippen MR) is 92.4 cm³/mol. The SMILES string of the molecule is C/C(=C\C(CC1CCNC1=O)NC(=O)OC(C)(C)C)C(F)S(C)(=O)=O. The first-order chi connectivity index (χ1) is 11.3. The van der Waals surface area contributed by atoms with Gasteiger partial charge in [0.25, 0.3) is 0 Å². The Morgan fingerprint density at radius 1 is 1.48 bits per heavy atom. The van der Waals surface area contributed by atoms with E-state index in [0.717, 1.165) is 6.26 Å². The van der Waals surface area contributed by atoms with Crippen LogP contribution in [-0.4, -0.2) is 50.4 Å². The second kappa shape index (κ2) is 8.16. The molecule has 1 rings (SSSR count). The number of alkyl carbamates (subject to hydrolysis) is 1. The average Bonchev–Trinajstić information content (AvgIpc) is 2.79. The summed E-state index contributed by atoms with van der Waals surface area (Å²) in [7, 11) is -3.90. The summed E-state index contributed by atoms with van der Waals surface area (Å²) in [6.07, 6.45) is 2.26. The van der Waals surface area contributed by atoms with Crippen LogP contribution in [0.15, 0.2) is 11.6 Å². The summed E-state index contributed by atoms with van der Waals surface area (Å²) in [5.41, 5.74) is -2.91. The van der Waals surface area contributed by atoms with E-state index >= 15 is 0 Å². The van der Waals surface area contributed by atoms with Gasteiger partial charge in [-0.3, -0.25) is 4.79 Å². The number of hydrogen-bond acceptors (Lipinski definition) is 5. The molecule has 144 valence electrons. The van der Waals surface area contributed by atoms with E-state index in [1.54, 1.807) is 20.8 Å². The lowest BCUT2D eigenvalue weighted by molar-refractivity contribution is -0.122. The van der Waals surface area contributed by atoms with Crippen molar-refractivity contribution in [1.82, 2.24) is 10.6 Å². The van der Waals surface area contributed by atoms with Crippen LogP contribution in [-0.2, 0) is 19.4 Å². The van der Waals surface area contributed by atoms with Crippen molar-refractivity contribution in [3.05, 3.63) is 11.6 Å². The van der Waals surface area contributed by atoms with Gasteiger partial charge in [-0.2, -0.15) is 0 Å². The van der Waals surface area contributed by atoms with Crippen LogP contribution in [0.1, 0.15) is 40.5 Å². The summed E-state index contributed by atoms with van der Waals surface area (Å²) < 4.78 is 41.9. The average molecular weight is 378 g/mol. The summed E-state index contributed by atoms with van der Waals surface area (Å²) >= 11 is 0. The van der Waals surface area contributed by atoms with Gasteiger partial charge in [0.15, 0.2) is 9.84 Å². The van der Waals surface area contributed by atoms with Gasteiger partial charge in [-0.05, 0) is 46.1 Å². The third-order valence-corrected chi connectivity index (χ3v) is 4.72. The molecule has 2 N–H and O–H groups in total. The fraction of sp³-hybridized carbons (Fsp3) is 0.750. The first-order valence-electron chi connectivity index (χ1n) is 8.08. The molecule has 0 aromatic heterocycles. The van der Waals surface area contributed by atoms with Crippen LogP contribution >= 0.6 is 0 Å². The largest absolute Gasteiger partial charge is 0.444 e. The Morgan fingerprint density at radius 2 is 2.08 bits per heavy atom. The van der Waals surface area contributed by atoms with Crippen molar-refractivity contribution in [3.63, 3.8) is 0 Å². The quantitative estimate of drug-likeness (QED) is 0.685. The van der Waals surface area contributed by atoms with Crippen LogP contribution in [0.5, 0.6) is 0 Å². The fourth-order valence-corrected chi connectivity index (χ4v) is 3.29. The zero-order valence-electron chi connectivity index (χ0n) is 15.3. The highest BCUT2D eigenvalue weighted by atomic mass is 32.2. The minimum Gasteiger partial charge on any atom is -0.444 e. The molecule has 0 aromatic carbocycles. The lowest BCUT2D eigenvalue weighted by Crippen LogP contribution is -2.40. The molecule has 0 bridgehead atoms. The molecule has 0 aromatic rings. The zero-order valence-corrected chi connectivity index (χ0v) is 16.1. The van der Waals surface area contributed by atoms with Crippen molar-refractivity contribution >= 4 is 21.8 Å². The van der Waals surface area contributed by atoms with E-state index in [1.165, 1.54) is 13.0 Å². The number of ether oxygens (including phenoxy) is 1. The van der Waals surface area contributed by atoms with Gasteiger partial charge in [-0.25, -0.2) is 17.6 Å². The van der Waals surface area contributed by atoms with E-state index in [1.807, 2.05) is 0 Å². The van der Waals surface area contributed by atoms with Gasteiger partial charge in [0.2, 0.25) is 11.4 Å². The Bertz CT molecular complexity index is 639. The highest BCUT2D eigenvalue weighted by Crippen LogP contribution is 2.20. The van der Waals surface area contributed by atoms with Gasteiger partial charge in [0.05, 0.1) is 6.04 Å². The number of alkyl halides is 1. The summed E-state index contributed by atoms with van der Waals surface area (Å²) in [5.74, 6) is -0.470. The van der Waals surface area contributed by atoms with E-state index < -0.39 is 33.1 Å². The lowest BCUT2D eigenvalue weighted by atomic mass is 9.97. The number of carbonyl (C=O) groups is 2. The molecule has 25 heavy (non-hydrogen) atoms. The molecule has 7 nitrogen and oxygen atoms in total. The number of rotatable bonds is 6. The van der Waals surface area contributed by atoms with Gasteiger partial charge < -0.3 is 15.4 Å². The summed E-state index contributed by atoms with van der Waals surface area (Å²) in [6.45, 7) is 6.99. The summed E-state index contributed by atoms with van der Waals surface area (Å²) in [5, 5.41) is 5.27. The normalized spacial score (nSPS) is 21.4. The maximum Gasteiger partial charge on any atom is 0.408 e. The smallest absolute Gasteiger partial charge is 0.408 e. The molecule has 1 aliphatic rings. The Hall–Kier alpha value is -1.64. The highest BCUT2D eigenvalue weighted by Gasteiger charge is 2.29. The predicted octanol–water partition coefficient (Wildman–Crippen LogP) is 1.69. The molecule has 2 amide bonds. The fourth-order valence-electron chi connectivity index (χ4n) is 2.53. The summed E-state index contributed by atoms with van der Waals surface area (Å²) in [6, 6.07) is -0.719. The maximum absolute atomic E-state index is 14.0. The molecule has 0 aliphatic carbocycles. The molecule has 1 fully saturated rings. The molecule has 9 heteroatoms. The number of halogens is 1. The molecule has 3 unspecified atom stereocenters. The Kier molecular flexibility index (Phi) is 6.99. The number of carbonyl (C=O) groups excluding carboxylic acids is 2. The topological polar surface area (TPSA) is 102 Å². The molecule has 1 aliphatic heterocycles. The van der Waals surface area contributed by atoms with E-state index in [0.29, 0.717) is 13.0 Å². The number of amides is 2. The zero-order chi connectivity index (χ0) is 19.4. The molecule has 1 saturated heterocycles. The monoisotopic (exact) mass is 378 g/mol. The molecule has 1 heterocycles. The molecule has 3 atom stereocenters. The van der Waals surface area contributed by atoms with Gasteiger partial charge in [-0.15, -0.1) is 0 Å². The van der Waals surface area contributed by atoms with Crippen molar-refractivity contribution in [3.8, 4) is 0 Å². The molecular formula is C16H27FN2O5S. The van der Waals surface area contributed by atoms with E-state index in [-0.39, 0.29) is 23.8 Å². The molecule has 0 saturated carbocycles. The van der Waals surface area contributed by atoms with Crippen molar-refractivity contribution in [2.45, 2.75) is 57.7 Å². The molecular weight excluding hydrogens is 351 g/mol.